The topological polar surface area (TPSA) is 91.1 Å². The highest BCUT2D eigenvalue weighted by Gasteiger charge is 2.22. The van der Waals surface area contributed by atoms with Gasteiger partial charge < -0.3 is 21.1 Å². The molecule has 106 valence electrons. The number of anilines is 1. The number of aromatic amines is 1. The van der Waals surface area contributed by atoms with Gasteiger partial charge in [-0.05, 0) is 43.9 Å². The fourth-order valence-electron chi connectivity index (χ4n) is 2.81. The SMILES string of the molecule is Nc1ccc2[nH]cc(C(=O)NC3CCC(O)CC3)c2c1. The number of hydrogen-bond acceptors (Lipinski definition) is 3. The Morgan fingerprint density at radius 1 is 1.30 bits per heavy atom. The average Bonchev–Trinajstić information content (AvgIpc) is 2.84. The highest BCUT2D eigenvalue weighted by molar-refractivity contribution is 6.07. The van der Waals surface area contributed by atoms with Gasteiger partial charge in [-0.3, -0.25) is 4.79 Å². The van der Waals surface area contributed by atoms with Crippen molar-refractivity contribution < 1.29 is 9.90 Å². The summed E-state index contributed by atoms with van der Waals surface area (Å²) in [6.45, 7) is 0. The molecule has 0 radical (unpaired) electrons. The Hall–Kier alpha value is -2.01. The van der Waals surface area contributed by atoms with E-state index in [1.807, 2.05) is 18.2 Å². The van der Waals surface area contributed by atoms with Crippen molar-refractivity contribution in [3.8, 4) is 0 Å². The van der Waals surface area contributed by atoms with Crippen LogP contribution in [-0.4, -0.2) is 28.1 Å². The van der Waals surface area contributed by atoms with E-state index >= 15 is 0 Å². The van der Waals surface area contributed by atoms with Crippen LogP contribution in [0.2, 0.25) is 0 Å². The van der Waals surface area contributed by atoms with E-state index in [2.05, 4.69) is 10.3 Å². The number of aromatic nitrogens is 1. The van der Waals surface area contributed by atoms with Crippen molar-refractivity contribution in [3.05, 3.63) is 30.0 Å². The molecule has 5 N–H and O–H groups in total. The molecule has 1 aliphatic carbocycles. The van der Waals surface area contributed by atoms with E-state index in [0.29, 0.717) is 11.3 Å². The predicted molar refractivity (Wildman–Crippen MR) is 78.4 cm³/mol. The summed E-state index contributed by atoms with van der Waals surface area (Å²) in [4.78, 5) is 15.4. The number of carbonyl (C=O) groups is 1. The first-order valence-electron chi connectivity index (χ1n) is 6.99. The fraction of sp³-hybridized carbons (Fsp3) is 0.400. The lowest BCUT2D eigenvalue weighted by Crippen LogP contribution is -2.38. The molecule has 5 nitrogen and oxygen atoms in total. The Morgan fingerprint density at radius 3 is 2.80 bits per heavy atom. The van der Waals surface area contributed by atoms with Crippen LogP contribution in [0.4, 0.5) is 5.69 Å². The lowest BCUT2D eigenvalue weighted by atomic mass is 9.93. The monoisotopic (exact) mass is 273 g/mol. The molecule has 1 saturated carbocycles. The van der Waals surface area contributed by atoms with Gasteiger partial charge in [-0.1, -0.05) is 0 Å². The number of rotatable bonds is 2. The first-order chi connectivity index (χ1) is 9.63. The number of hydrogen-bond donors (Lipinski definition) is 4. The smallest absolute Gasteiger partial charge is 0.253 e. The zero-order valence-corrected chi connectivity index (χ0v) is 11.2. The van der Waals surface area contributed by atoms with Crippen molar-refractivity contribution in [2.24, 2.45) is 0 Å². The molecule has 0 bridgehead atoms. The molecule has 0 spiro atoms. The summed E-state index contributed by atoms with van der Waals surface area (Å²) < 4.78 is 0. The van der Waals surface area contributed by atoms with Crippen molar-refractivity contribution in [1.82, 2.24) is 10.3 Å². The molecular formula is C15H19N3O2. The van der Waals surface area contributed by atoms with Gasteiger partial charge in [-0.25, -0.2) is 0 Å². The lowest BCUT2D eigenvalue weighted by Gasteiger charge is -2.26. The van der Waals surface area contributed by atoms with E-state index in [1.54, 1.807) is 6.20 Å². The number of amides is 1. The maximum atomic E-state index is 12.3. The summed E-state index contributed by atoms with van der Waals surface area (Å²) in [6.07, 6.45) is 4.68. The fourth-order valence-corrected chi connectivity index (χ4v) is 2.81. The zero-order chi connectivity index (χ0) is 14.1. The lowest BCUT2D eigenvalue weighted by molar-refractivity contribution is 0.0869. The van der Waals surface area contributed by atoms with Gasteiger partial charge >= 0.3 is 0 Å². The van der Waals surface area contributed by atoms with E-state index in [4.69, 9.17) is 5.73 Å². The highest BCUT2D eigenvalue weighted by Crippen LogP contribution is 2.22. The molecule has 0 unspecified atom stereocenters. The van der Waals surface area contributed by atoms with E-state index < -0.39 is 0 Å². The Morgan fingerprint density at radius 2 is 2.05 bits per heavy atom. The number of nitrogen functional groups attached to an aromatic ring is 1. The minimum atomic E-state index is -0.212. The van der Waals surface area contributed by atoms with Gasteiger partial charge in [0, 0.05) is 28.8 Å². The first kappa shape index (κ1) is 13.0. The molecule has 2 aromatic rings. The van der Waals surface area contributed by atoms with Gasteiger partial charge in [0.05, 0.1) is 11.7 Å². The molecule has 0 aliphatic heterocycles. The van der Waals surface area contributed by atoms with Gasteiger partial charge in [-0.15, -0.1) is 0 Å². The Balaban J connectivity index is 1.77. The maximum absolute atomic E-state index is 12.3. The normalized spacial score (nSPS) is 22.9. The van der Waals surface area contributed by atoms with Crippen LogP contribution in [0.5, 0.6) is 0 Å². The van der Waals surface area contributed by atoms with E-state index in [0.717, 1.165) is 36.6 Å². The third kappa shape index (κ3) is 2.49. The van der Waals surface area contributed by atoms with Gasteiger partial charge in [0.15, 0.2) is 0 Å². The third-order valence-corrected chi connectivity index (χ3v) is 3.98. The van der Waals surface area contributed by atoms with Crippen molar-refractivity contribution in [1.29, 1.82) is 0 Å². The summed E-state index contributed by atoms with van der Waals surface area (Å²) in [5.74, 6) is -0.0803. The standard InChI is InChI=1S/C15H19N3O2/c16-9-1-6-14-12(7-9)13(8-17-14)15(20)18-10-2-4-11(19)5-3-10/h1,6-8,10-11,17,19H,2-5,16H2,(H,18,20). The van der Waals surface area contributed by atoms with Crippen molar-refractivity contribution >= 4 is 22.5 Å². The highest BCUT2D eigenvalue weighted by atomic mass is 16.3. The molecule has 0 saturated heterocycles. The zero-order valence-electron chi connectivity index (χ0n) is 11.2. The summed E-state index contributed by atoms with van der Waals surface area (Å²) in [6, 6.07) is 5.64. The van der Waals surface area contributed by atoms with Crippen molar-refractivity contribution in [3.63, 3.8) is 0 Å². The molecule has 1 aromatic heterocycles. The number of H-pyrrole nitrogens is 1. The molecule has 1 aromatic carbocycles. The predicted octanol–water partition coefficient (Wildman–Crippen LogP) is 1.78. The largest absolute Gasteiger partial charge is 0.399 e. The van der Waals surface area contributed by atoms with Crippen LogP contribution < -0.4 is 11.1 Å². The molecule has 1 aliphatic rings. The van der Waals surface area contributed by atoms with Crippen LogP contribution in [0.1, 0.15) is 36.0 Å². The van der Waals surface area contributed by atoms with Crippen LogP contribution in [0.3, 0.4) is 0 Å². The van der Waals surface area contributed by atoms with Gasteiger partial charge in [0.25, 0.3) is 5.91 Å². The van der Waals surface area contributed by atoms with E-state index in [9.17, 15) is 9.90 Å². The Bertz CT molecular complexity index is 627. The van der Waals surface area contributed by atoms with Gasteiger partial charge in [-0.2, -0.15) is 0 Å². The molecular weight excluding hydrogens is 254 g/mol. The second-order valence-corrected chi connectivity index (χ2v) is 5.49. The number of aliphatic hydroxyl groups excluding tert-OH is 1. The number of aliphatic hydroxyl groups is 1. The summed E-state index contributed by atoms with van der Waals surface area (Å²) >= 11 is 0. The summed E-state index contributed by atoms with van der Waals surface area (Å²) in [5, 5.41) is 13.4. The summed E-state index contributed by atoms with van der Waals surface area (Å²) in [7, 11) is 0. The minimum Gasteiger partial charge on any atom is -0.399 e. The van der Waals surface area contributed by atoms with E-state index in [1.165, 1.54) is 0 Å². The van der Waals surface area contributed by atoms with E-state index in [-0.39, 0.29) is 18.1 Å². The molecule has 0 atom stereocenters. The average molecular weight is 273 g/mol. The van der Waals surface area contributed by atoms with Crippen molar-refractivity contribution in [2.45, 2.75) is 37.8 Å². The second kappa shape index (κ2) is 5.17. The molecule has 3 rings (SSSR count). The molecule has 1 amide bonds. The quantitative estimate of drug-likeness (QED) is 0.629. The summed E-state index contributed by atoms with van der Waals surface area (Å²) in [5.41, 5.74) is 7.95. The number of fused-ring (bicyclic) bond motifs is 1. The van der Waals surface area contributed by atoms with Crippen LogP contribution >= 0.6 is 0 Å². The molecule has 5 heteroatoms. The molecule has 1 fully saturated rings. The van der Waals surface area contributed by atoms with Crippen LogP contribution in [0, 0.1) is 0 Å². The number of benzene rings is 1. The number of carbonyl (C=O) groups excluding carboxylic acids is 1. The first-order valence-corrected chi connectivity index (χ1v) is 6.99. The van der Waals surface area contributed by atoms with Gasteiger partial charge in [0.1, 0.15) is 0 Å². The van der Waals surface area contributed by atoms with Gasteiger partial charge in [0.2, 0.25) is 0 Å². The second-order valence-electron chi connectivity index (χ2n) is 5.49. The third-order valence-electron chi connectivity index (χ3n) is 3.98. The number of nitrogens with two attached hydrogens (primary N) is 1. The Labute approximate surface area is 117 Å². The molecule has 1 heterocycles. The Kier molecular flexibility index (Phi) is 3.36. The van der Waals surface area contributed by atoms with Crippen LogP contribution in [-0.2, 0) is 0 Å². The van der Waals surface area contributed by atoms with Crippen molar-refractivity contribution in [2.75, 3.05) is 5.73 Å². The number of nitrogens with one attached hydrogen (secondary N) is 2. The molecule has 20 heavy (non-hydrogen) atoms. The maximum Gasteiger partial charge on any atom is 0.253 e. The van der Waals surface area contributed by atoms with Crippen LogP contribution in [0.15, 0.2) is 24.4 Å². The minimum absolute atomic E-state index is 0.0803. The van der Waals surface area contributed by atoms with Crippen LogP contribution in [0.25, 0.3) is 10.9 Å².